The Labute approximate surface area is 258 Å². The zero-order valence-corrected chi connectivity index (χ0v) is 25.9. The van der Waals surface area contributed by atoms with E-state index in [2.05, 4.69) is 5.32 Å². The van der Waals surface area contributed by atoms with E-state index in [1.807, 2.05) is 49.4 Å². The summed E-state index contributed by atoms with van der Waals surface area (Å²) in [6.07, 6.45) is 2.08. The van der Waals surface area contributed by atoms with Gasteiger partial charge < -0.3 is 19.7 Å². The van der Waals surface area contributed by atoms with Gasteiger partial charge in [-0.2, -0.15) is 4.31 Å². The fourth-order valence-corrected chi connectivity index (χ4v) is 6.25. The quantitative estimate of drug-likeness (QED) is 0.267. The Morgan fingerprint density at radius 3 is 2.30 bits per heavy atom. The van der Waals surface area contributed by atoms with Gasteiger partial charge in [0.05, 0.1) is 18.1 Å². The molecule has 2 amide bonds. The molecule has 3 aromatic rings. The Morgan fingerprint density at radius 2 is 1.65 bits per heavy atom. The van der Waals surface area contributed by atoms with Crippen LogP contribution in [0.2, 0.25) is 5.02 Å². The second-order valence-corrected chi connectivity index (χ2v) is 12.6. The van der Waals surface area contributed by atoms with Crippen molar-refractivity contribution in [3.05, 3.63) is 95.0 Å². The minimum absolute atomic E-state index is 0.143. The Kier molecular flexibility index (Phi) is 12.0. The van der Waals surface area contributed by atoms with E-state index in [-0.39, 0.29) is 29.9 Å². The van der Waals surface area contributed by atoms with Crippen LogP contribution >= 0.6 is 11.6 Å². The highest BCUT2D eigenvalue weighted by molar-refractivity contribution is 7.89. The smallest absolute Gasteiger partial charge is 0.261 e. The van der Waals surface area contributed by atoms with Crippen molar-refractivity contribution in [2.45, 2.75) is 43.7 Å². The molecule has 0 aliphatic carbocycles. The van der Waals surface area contributed by atoms with Crippen molar-refractivity contribution < 1.29 is 27.5 Å². The van der Waals surface area contributed by atoms with Gasteiger partial charge >= 0.3 is 0 Å². The lowest BCUT2D eigenvalue weighted by molar-refractivity contribution is -0.142. The highest BCUT2D eigenvalue weighted by Gasteiger charge is 2.31. The zero-order chi connectivity index (χ0) is 30.7. The van der Waals surface area contributed by atoms with Gasteiger partial charge in [-0.15, -0.1) is 0 Å². The second kappa shape index (κ2) is 15.9. The van der Waals surface area contributed by atoms with Gasteiger partial charge in [0.25, 0.3) is 5.91 Å². The summed E-state index contributed by atoms with van der Waals surface area (Å²) in [6.45, 7) is 3.72. The van der Waals surface area contributed by atoms with Gasteiger partial charge in [-0.25, -0.2) is 8.42 Å². The molecule has 1 atom stereocenters. The van der Waals surface area contributed by atoms with E-state index in [1.165, 1.54) is 33.5 Å². The Balaban J connectivity index is 1.53. The van der Waals surface area contributed by atoms with Crippen molar-refractivity contribution in [2.75, 3.05) is 39.5 Å². The molecule has 1 saturated heterocycles. The fraction of sp³-hybridized carbons (Fsp3) is 0.375. The van der Waals surface area contributed by atoms with E-state index in [4.69, 9.17) is 21.1 Å². The van der Waals surface area contributed by atoms with E-state index in [9.17, 15) is 18.0 Å². The summed E-state index contributed by atoms with van der Waals surface area (Å²) in [4.78, 5) is 29.0. The number of carbonyl (C=O) groups excluding carboxylic acids is 2. The third-order valence-electron chi connectivity index (χ3n) is 7.16. The van der Waals surface area contributed by atoms with Crippen LogP contribution in [-0.4, -0.2) is 74.9 Å². The summed E-state index contributed by atoms with van der Waals surface area (Å²) in [5.74, 6) is -0.281. The highest BCUT2D eigenvalue weighted by Crippen LogP contribution is 2.22. The molecular formula is C32H38ClN3O6S. The first-order chi connectivity index (χ1) is 20.8. The number of benzene rings is 3. The van der Waals surface area contributed by atoms with E-state index in [0.717, 1.165) is 24.0 Å². The van der Waals surface area contributed by atoms with Crippen molar-refractivity contribution in [3.8, 4) is 5.75 Å². The monoisotopic (exact) mass is 627 g/mol. The zero-order valence-electron chi connectivity index (χ0n) is 24.3. The molecule has 0 spiro atoms. The van der Waals surface area contributed by atoms with E-state index in [1.54, 1.807) is 12.1 Å². The lowest BCUT2D eigenvalue weighted by Crippen LogP contribution is -2.51. The number of sulfonamides is 1. The van der Waals surface area contributed by atoms with E-state index < -0.39 is 16.1 Å². The number of carbonyl (C=O) groups is 2. The number of morpholine rings is 1. The standard InChI is InChI=1S/C32H38ClN3O6S/c1-2-3-17-34-32(38)30(22-25-7-5-4-6-8-25)36(23-26-9-11-27(33)12-10-26)31(37)24-42-28-13-15-29(16-14-28)43(39,40)35-18-20-41-21-19-35/h4-16,30H,2-3,17-24H2,1H3,(H,34,38)/t30-/m1/s1. The Hall–Kier alpha value is -3.44. The minimum Gasteiger partial charge on any atom is -0.484 e. The molecule has 43 heavy (non-hydrogen) atoms. The van der Waals surface area contributed by atoms with Gasteiger partial charge in [-0.3, -0.25) is 9.59 Å². The topological polar surface area (TPSA) is 105 Å². The molecule has 9 nitrogen and oxygen atoms in total. The van der Waals surface area contributed by atoms with Crippen molar-refractivity contribution in [1.82, 2.24) is 14.5 Å². The maximum atomic E-state index is 13.8. The van der Waals surface area contributed by atoms with Gasteiger partial charge in [-0.1, -0.05) is 67.4 Å². The maximum Gasteiger partial charge on any atom is 0.261 e. The predicted octanol–water partition coefficient (Wildman–Crippen LogP) is 4.30. The summed E-state index contributed by atoms with van der Waals surface area (Å²) < 4.78 is 38.4. The molecular weight excluding hydrogens is 590 g/mol. The largest absolute Gasteiger partial charge is 0.484 e. The average molecular weight is 628 g/mol. The number of nitrogens with zero attached hydrogens (tertiary/aromatic N) is 2. The Morgan fingerprint density at radius 1 is 0.977 bits per heavy atom. The third-order valence-corrected chi connectivity index (χ3v) is 9.33. The fourth-order valence-electron chi connectivity index (χ4n) is 4.72. The molecule has 0 saturated carbocycles. The van der Waals surface area contributed by atoms with Gasteiger partial charge in [0, 0.05) is 37.6 Å². The number of rotatable bonds is 14. The van der Waals surface area contributed by atoms with Crippen molar-refractivity contribution in [1.29, 1.82) is 0 Å². The summed E-state index contributed by atoms with van der Waals surface area (Å²) in [7, 11) is -3.65. The first-order valence-corrected chi connectivity index (χ1v) is 16.3. The normalized spacial score (nSPS) is 14.6. The van der Waals surface area contributed by atoms with Crippen LogP contribution in [0.25, 0.3) is 0 Å². The molecule has 1 heterocycles. The average Bonchev–Trinajstić information content (AvgIpc) is 3.03. The van der Waals surface area contributed by atoms with E-state index in [0.29, 0.717) is 50.0 Å². The van der Waals surface area contributed by atoms with Gasteiger partial charge in [0.1, 0.15) is 11.8 Å². The molecule has 11 heteroatoms. The predicted molar refractivity (Wildman–Crippen MR) is 165 cm³/mol. The molecule has 1 fully saturated rings. The molecule has 3 aromatic carbocycles. The van der Waals surface area contributed by atoms with Crippen molar-refractivity contribution in [3.63, 3.8) is 0 Å². The molecule has 0 aromatic heterocycles. The number of amides is 2. The third kappa shape index (κ3) is 9.27. The van der Waals surface area contributed by atoms with Crippen LogP contribution in [0.5, 0.6) is 5.75 Å². The summed E-state index contributed by atoms with van der Waals surface area (Å²) >= 11 is 6.09. The number of halogens is 1. The van der Waals surface area contributed by atoms with E-state index >= 15 is 0 Å². The second-order valence-electron chi connectivity index (χ2n) is 10.3. The maximum absolute atomic E-state index is 13.8. The minimum atomic E-state index is -3.65. The number of ether oxygens (including phenoxy) is 2. The summed E-state index contributed by atoms with van der Waals surface area (Å²) in [5, 5.41) is 3.56. The summed E-state index contributed by atoms with van der Waals surface area (Å²) in [5.41, 5.74) is 1.74. The van der Waals surface area contributed by atoms with Gasteiger partial charge in [0.2, 0.25) is 15.9 Å². The number of nitrogens with one attached hydrogen (secondary N) is 1. The molecule has 0 bridgehead atoms. The first-order valence-electron chi connectivity index (χ1n) is 14.4. The molecule has 1 aliphatic rings. The van der Waals surface area contributed by atoms with Crippen LogP contribution in [0.3, 0.4) is 0 Å². The molecule has 1 N–H and O–H groups in total. The van der Waals surface area contributed by atoms with Crippen molar-refractivity contribution in [2.24, 2.45) is 0 Å². The van der Waals surface area contributed by atoms with Crippen LogP contribution in [0.15, 0.2) is 83.8 Å². The SMILES string of the molecule is CCCCNC(=O)[C@@H](Cc1ccccc1)N(Cc1ccc(Cl)cc1)C(=O)COc1ccc(S(=O)(=O)N2CCOCC2)cc1. The van der Waals surface area contributed by atoms with Crippen LogP contribution in [0.1, 0.15) is 30.9 Å². The van der Waals surface area contributed by atoms with Crippen molar-refractivity contribution >= 4 is 33.4 Å². The molecule has 1 aliphatic heterocycles. The van der Waals surface area contributed by atoms with Crippen LogP contribution in [-0.2, 0) is 37.3 Å². The number of hydrogen-bond donors (Lipinski definition) is 1. The molecule has 0 radical (unpaired) electrons. The Bertz CT molecular complexity index is 1430. The molecule has 4 rings (SSSR count). The van der Waals surface area contributed by atoms with Crippen LogP contribution in [0, 0.1) is 0 Å². The lowest BCUT2D eigenvalue weighted by atomic mass is 10.0. The van der Waals surface area contributed by atoms with Gasteiger partial charge in [0.15, 0.2) is 6.61 Å². The summed E-state index contributed by atoms with van der Waals surface area (Å²) in [6, 6.07) is 21.9. The van der Waals surface area contributed by atoms with Crippen LogP contribution < -0.4 is 10.1 Å². The molecule has 230 valence electrons. The number of hydrogen-bond acceptors (Lipinski definition) is 6. The molecule has 0 unspecified atom stereocenters. The highest BCUT2D eigenvalue weighted by atomic mass is 35.5. The first kappa shape index (κ1) is 32.5. The van der Waals surface area contributed by atoms with Gasteiger partial charge in [-0.05, 0) is 53.9 Å². The lowest BCUT2D eigenvalue weighted by Gasteiger charge is -2.31. The van der Waals surface area contributed by atoms with Crippen LogP contribution in [0.4, 0.5) is 0 Å². The number of unbranched alkanes of at least 4 members (excludes halogenated alkanes) is 1.